The van der Waals surface area contributed by atoms with Crippen LogP contribution in [0.3, 0.4) is 0 Å². The summed E-state index contributed by atoms with van der Waals surface area (Å²) >= 11 is 0. The van der Waals surface area contributed by atoms with Gasteiger partial charge >= 0.3 is 25.7 Å². The molecule has 8 heteroatoms. The van der Waals surface area contributed by atoms with Crippen molar-refractivity contribution in [3.63, 3.8) is 0 Å². The molecule has 0 saturated heterocycles. The molecule has 0 atom stereocenters. The van der Waals surface area contributed by atoms with E-state index in [1.54, 1.807) is 0 Å². The molecule has 7 rings (SSSR count). The van der Waals surface area contributed by atoms with E-state index in [-0.39, 0.29) is 5.41 Å². The highest BCUT2D eigenvalue weighted by Gasteiger charge is 2.44. The molecule has 1 aliphatic carbocycles. The van der Waals surface area contributed by atoms with Gasteiger partial charge in [-0.15, -0.1) is 0 Å². The summed E-state index contributed by atoms with van der Waals surface area (Å²) in [6, 6.07) is 53.8. The molecule has 0 saturated carbocycles. The fourth-order valence-electron chi connectivity index (χ4n) is 9.43. The van der Waals surface area contributed by atoms with Gasteiger partial charge in [0.1, 0.15) is 0 Å². The molecule has 0 unspecified atom stereocenters. The third-order valence-corrected chi connectivity index (χ3v) is 24.3. The predicted octanol–water partition coefficient (Wildman–Crippen LogP) is 14.4. The van der Waals surface area contributed by atoms with Crippen molar-refractivity contribution in [3.8, 4) is 55.6 Å². The van der Waals surface area contributed by atoms with Gasteiger partial charge in [0.15, 0.2) is 9.04 Å². The Bertz CT molecular complexity index is 2190. The topological polar surface area (TPSA) is 36.9 Å². The minimum atomic E-state index is -2.49. The number of fused-ring (bicyclic) bond motifs is 3. The maximum absolute atomic E-state index is 6.81. The lowest BCUT2D eigenvalue weighted by molar-refractivity contribution is 0.213. The van der Waals surface area contributed by atoms with Crippen molar-refractivity contribution in [2.45, 2.75) is 90.4 Å². The van der Waals surface area contributed by atoms with Gasteiger partial charge in [0.05, 0.1) is 0 Å². The SMILES string of the molecule is CCCC1(CCCO[Si](C)(C)O[Si](C)(C)O[Si](C)(C)O[SiH](C)C)c2cc(-c3ccc(-c4ccccc4)cc3)ccc2-c2ccc(-c3ccc(-c4ccccc4)cc3)cc21. The van der Waals surface area contributed by atoms with E-state index in [4.69, 9.17) is 16.8 Å². The van der Waals surface area contributed by atoms with Gasteiger partial charge in [0.2, 0.25) is 0 Å². The molecule has 0 N–H and O–H groups in total. The summed E-state index contributed by atoms with van der Waals surface area (Å²) < 4.78 is 26.6. The lowest BCUT2D eigenvalue weighted by Crippen LogP contribution is -2.55. The molecule has 6 aromatic carbocycles. The second-order valence-corrected chi connectivity index (χ2v) is 31.1. The van der Waals surface area contributed by atoms with E-state index in [1.165, 1.54) is 66.8 Å². The highest BCUT2D eigenvalue weighted by molar-refractivity contribution is 6.86. The van der Waals surface area contributed by atoms with Crippen molar-refractivity contribution in [1.82, 2.24) is 0 Å². The van der Waals surface area contributed by atoms with E-state index in [0.717, 1.165) is 25.7 Å². The van der Waals surface area contributed by atoms with E-state index in [0.29, 0.717) is 6.61 Å². The zero-order chi connectivity index (χ0) is 41.8. The van der Waals surface area contributed by atoms with Gasteiger partial charge in [-0.2, -0.15) is 0 Å². The fourth-order valence-corrected chi connectivity index (χ4v) is 25.5. The number of rotatable bonds is 17. The zero-order valence-electron chi connectivity index (χ0n) is 36.6. The smallest absolute Gasteiger partial charge is 0.322 e. The van der Waals surface area contributed by atoms with Crippen LogP contribution in [0.2, 0.25) is 52.4 Å². The molecule has 0 fully saturated rings. The lowest BCUT2D eigenvalue weighted by atomic mass is 9.70. The molecule has 0 aromatic heterocycles. The molecular weight excluding hydrogens is 789 g/mol. The van der Waals surface area contributed by atoms with Gasteiger partial charge in [0.25, 0.3) is 0 Å². The van der Waals surface area contributed by atoms with E-state index < -0.39 is 34.7 Å². The Kier molecular flexibility index (Phi) is 13.1. The summed E-state index contributed by atoms with van der Waals surface area (Å²) in [5.41, 5.74) is 15.4. The molecule has 0 aliphatic heterocycles. The third kappa shape index (κ3) is 10.2. The zero-order valence-corrected chi connectivity index (χ0v) is 40.8. The third-order valence-electron chi connectivity index (χ3n) is 11.4. The van der Waals surface area contributed by atoms with Crippen LogP contribution in [-0.2, 0) is 22.2 Å². The summed E-state index contributed by atoms with van der Waals surface area (Å²) in [6.07, 6.45) is 4.05. The van der Waals surface area contributed by atoms with Crippen molar-refractivity contribution in [2.24, 2.45) is 0 Å². The summed E-state index contributed by atoms with van der Waals surface area (Å²) in [5, 5.41) is 0. The standard InChI is InChI=1S/C51H62O4Si4/c1-10-34-51(35-17-36-52-57(4,5)54-59(8,9)55-58(6,7)53-56(2)3)49-37-45(43-26-22-41(23-27-43)39-18-13-11-14-19-39)30-32-47(49)48-33-31-46(38-50(48)51)44-28-24-42(25-29-44)40-20-15-12-16-21-40/h11-16,18-33,37-38,56H,10,17,34-36H2,1-9H3. The van der Waals surface area contributed by atoms with E-state index in [1.807, 2.05) is 0 Å². The molecule has 6 aromatic rings. The molecule has 0 bridgehead atoms. The molecule has 0 spiro atoms. The molecule has 59 heavy (non-hydrogen) atoms. The van der Waals surface area contributed by atoms with E-state index in [2.05, 4.69) is 205 Å². The number of benzene rings is 6. The maximum Gasteiger partial charge on any atom is 0.322 e. The maximum atomic E-state index is 6.81. The van der Waals surface area contributed by atoms with Crippen LogP contribution >= 0.6 is 0 Å². The van der Waals surface area contributed by atoms with Gasteiger partial charge in [-0.3, -0.25) is 0 Å². The Labute approximate surface area is 359 Å². The molecule has 0 radical (unpaired) electrons. The molecule has 0 amide bonds. The van der Waals surface area contributed by atoms with Crippen LogP contribution in [0.15, 0.2) is 146 Å². The minimum Gasteiger partial charge on any atom is -0.440 e. The highest BCUT2D eigenvalue weighted by atomic mass is 28.5. The molecule has 0 heterocycles. The first-order chi connectivity index (χ1) is 28.2. The van der Waals surface area contributed by atoms with Gasteiger partial charge in [-0.25, -0.2) is 0 Å². The number of hydrogen-bond donors (Lipinski definition) is 0. The first-order valence-corrected chi connectivity index (χ1v) is 32.7. The Morgan fingerprint density at radius 2 is 0.847 bits per heavy atom. The predicted molar refractivity (Wildman–Crippen MR) is 259 cm³/mol. The van der Waals surface area contributed by atoms with Crippen LogP contribution in [0.1, 0.15) is 43.7 Å². The largest absolute Gasteiger partial charge is 0.440 e. The Morgan fingerprint density at radius 3 is 1.27 bits per heavy atom. The summed E-state index contributed by atoms with van der Waals surface area (Å²) in [7, 11) is -8.46. The van der Waals surface area contributed by atoms with Gasteiger partial charge in [-0.05, 0) is 151 Å². The van der Waals surface area contributed by atoms with Crippen molar-refractivity contribution >= 4 is 34.7 Å². The Hall–Kier alpha value is -3.97. The second-order valence-electron chi connectivity index (χ2n) is 17.8. The monoisotopic (exact) mass is 850 g/mol. The normalized spacial score (nSPS) is 13.7. The van der Waals surface area contributed by atoms with Crippen molar-refractivity contribution in [1.29, 1.82) is 0 Å². The van der Waals surface area contributed by atoms with Crippen LogP contribution < -0.4 is 0 Å². The average molecular weight is 851 g/mol. The quantitative estimate of drug-likeness (QED) is 0.0677. The van der Waals surface area contributed by atoms with Crippen molar-refractivity contribution in [3.05, 3.63) is 157 Å². The molecular formula is C51H62O4Si4. The summed E-state index contributed by atoms with van der Waals surface area (Å²) in [6.45, 7) is 20.3. The van der Waals surface area contributed by atoms with Crippen LogP contribution in [-0.4, -0.2) is 41.3 Å². The van der Waals surface area contributed by atoms with Crippen LogP contribution in [0.25, 0.3) is 55.6 Å². The van der Waals surface area contributed by atoms with Gasteiger partial charge in [0, 0.05) is 12.0 Å². The van der Waals surface area contributed by atoms with E-state index >= 15 is 0 Å². The van der Waals surface area contributed by atoms with Crippen LogP contribution in [0, 0.1) is 0 Å². The Balaban J connectivity index is 1.19. The average Bonchev–Trinajstić information content (AvgIpc) is 3.47. The first-order valence-electron chi connectivity index (χ1n) is 21.5. The Morgan fingerprint density at radius 1 is 0.458 bits per heavy atom. The summed E-state index contributed by atoms with van der Waals surface area (Å²) in [5.74, 6) is 0. The second kappa shape index (κ2) is 17.9. The highest BCUT2D eigenvalue weighted by Crippen LogP contribution is 2.55. The molecule has 1 aliphatic rings. The fraction of sp³-hybridized carbons (Fsp3) is 0.294. The van der Waals surface area contributed by atoms with Crippen LogP contribution in [0.5, 0.6) is 0 Å². The van der Waals surface area contributed by atoms with E-state index in [9.17, 15) is 0 Å². The number of hydrogen-bond acceptors (Lipinski definition) is 4. The van der Waals surface area contributed by atoms with Gasteiger partial charge in [-0.1, -0.05) is 147 Å². The van der Waals surface area contributed by atoms with Crippen molar-refractivity contribution < 1.29 is 16.8 Å². The van der Waals surface area contributed by atoms with Crippen LogP contribution in [0.4, 0.5) is 0 Å². The lowest BCUT2D eigenvalue weighted by Gasteiger charge is -2.38. The minimum absolute atomic E-state index is 0.153. The summed E-state index contributed by atoms with van der Waals surface area (Å²) in [4.78, 5) is 0. The molecule has 306 valence electrons. The first kappa shape index (κ1) is 43.1. The van der Waals surface area contributed by atoms with Gasteiger partial charge < -0.3 is 16.8 Å². The molecule has 4 nitrogen and oxygen atoms in total. The van der Waals surface area contributed by atoms with Crippen molar-refractivity contribution in [2.75, 3.05) is 6.61 Å².